The SMILES string of the molecule is Cc1ccc(CNC(=O)c2cnc(Nc3ccc(C(F)(F)F)cc3)cn2)cc1. The Hall–Kier alpha value is -3.42. The molecular formula is C20H17F3N4O. The van der Waals surface area contributed by atoms with E-state index in [-0.39, 0.29) is 11.6 Å². The summed E-state index contributed by atoms with van der Waals surface area (Å²) in [5.74, 6) is -0.0519. The van der Waals surface area contributed by atoms with Gasteiger partial charge in [-0.2, -0.15) is 13.2 Å². The highest BCUT2D eigenvalue weighted by molar-refractivity contribution is 5.92. The molecule has 28 heavy (non-hydrogen) atoms. The van der Waals surface area contributed by atoms with Crippen molar-refractivity contribution in [3.63, 3.8) is 0 Å². The Morgan fingerprint density at radius 3 is 2.21 bits per heavy atom. The number of aryl methyl sites for hydroxylation is 1. The molecule has 5 nitrogen and oxygen atoms in total. The molecule has 3 aromatic rings. The van der Waals surface area contributed by atoms with Crippen LogP contribution in [0.1, 0.15) is 27.2 Å². The Balaban J connectivity index is 1.58. The maximum Gasteiger partial charge on any atom is 0.416 e. The summed E-state index contributed by atoms with van der Waals surface area (Å²) in [6.07, 6.45) is -1.73. The van der Waals surface area contributed by atoms with E-state index < -0.39 is 11.7 Å². The molecule has 1 heterocycles. The molecular weight excluding hydrogens is 369 g/mol. The molecule has 0 aliphatic rings. The molecule has 0 atom stereocenters. The van der Waals surface area contributed by atoms with Crippen LogP contribution in [-0.2, 0) is 12.7 Å². The summed E-state index contributed by atoms with van der Waals surface area (Å²) in [7, 11) is 0. The lowest BCUT2D eigenvalue weighted by Crippen LogP contribution is -2.24. The number of amides is 1. The number of nitrogens with one attached hydrogen (secondary N) is 2. The Bertz CT molecular complexity index is 937. The molecule has 3 rings (SSSR count). The van der Waals surface area contributed by atoms with Crippen LogP contribution in [0.4, 0.5) is 24.7 Å². The normalized spacial score (nSPS) is 11.1. The van der Waals surface area contributed by atoms with E-state index in [4.69, 9.17) is 0 Å². The number of benzene rings is 2. The minimum atomic E-state index is -4.38. The maximum atomic E-state index is 12.6. The fraction of sp³-hybridized carbons (Fsp3) is 0.150. The Labute approximate surface area is 159 Å². The van der Waals surface area contributed by atoms with Crippen LogP contribution < -0.4 is 10.6 Å². The van der Waals surface area contributed by atoms with Gasteiger partial charge < -0.3 is 10.6 Å². The van der Waals surface area contributed by atoms with Crippen LogP contribution in [0.15, 0.2) is 60.9 Å². The molecule has 0 saturated heterocycles. The number of carbonyl (C=O) groups excluding carboxylic acids is 1. The molecule has 1 aromatic heterocycles. The number of hydrogen-bond donors (Lipinski definition) is 2. The second-order valence-electron chi connectivity index (χ2n) is 6.16. The Morgan fingerprint density at radius 2 is 1.64 bits per heavy atom. The van der Waals surface area contributed by atoms with Crippen LogP contribution in [0.5, 0.6) is 0 Å². The van der Waals surface area contributed by atoms with Gasteiger partial charge in [0.25, 0.3) is 5.91 Å². The van der Waals surface area contributed by atoms with Gasteiger partial charge in [-0.05, 0) is 36.8 Å². The molecule has 0 unspecified atom stereocenters. The minimum absolute atomic E-state index is 0.144. The first-order valence-corrected chi connectivity index (χ1v) is 8.41. The standard InChI is InChI=1S/C20H17F3N4O/c1-13-2-4-14(5-3-13)10-26-19(28)17-11-25-18(12-24-17)27-16-8-6-15(7-9-16)20(21,22)23/h2-9,11-12H,10H2,1H3,(H,25,27)(H,26,28). The van der Waals surface area contributed by atoms with Crippen LogP contribution in [0.25, 0.3) is 0 Å². The van der Waals surface area contributed by atoms with Crippen molar-refractivity contribution < 1.29 is 18.0 Å². The number of halogens is 3. The molecule has 0 spiro atoms. The van der Waals surface area contributed by atoms with E-state index in [1.54, 1.807) is 0 Å². The van der Waals surface area contributed by atoms with E-state index in [1.807, 2.05) is 31.2 Å². The van der Waals surface area contributed by atoms with Gasteiger partial charge in [0.15, 0.2) is 0 Å². The van der Waals surface area contributed by atoms with Gasteiger partial charge >= 0.3 is 6.18 Å². The third kappa shape index (κ3) is 5.06. The van der Waals surface area contributed by atoms with Crippen molar-refractivity contribution >= 4 is 17.4 Å². The summed E-state index contributed by atoms with van der Waals surface area (Å²) in [5, 5.41) is 5.59. The number of nitrogens with zero attached hydrogens (tertiary/aromatic N) is 2. The number of carbonyl (C=O) groups is 1. The molecule has 2 aromatic carbocycles. The van der Waals surface area contributed by atoms with Crippen LogP contribution in [0.2, 0.25) is 0 Å². The second-order valence-corrected chi connectivity index (χ2v) is 6.16. The summed E-state index contributed by atoms with van der Waals surface area (Å²) in [5.41, 5.74) is 1.94. The summed E-state index contributed by atoms with van der Waals surface area (Å²) in [6.45, 7) is 2.35. The smallest absolute Gasteiger partial charge is 0.347 e. The predicted octanol–water partition coefficient (Wildman–Crippen LogP) is 4.48. The monoisotopic (exact) mass is 386 g/mol. The van der Waals surface area contributed by atoms with Crippen LogP contribution in [-0.4, -0.2) is 15.9 Å². The Kier molecular flexibility index (Phi) is 5.58. The van der Waals surface area contributed by atoms with Gasteiger partial charge in [0.1, 0.15) is 11.5 Å². The van der Waals surface area contributed by atoms with Gasteiger partial charge in [0, 0.05) is 12.2 Å². The van der Waals surface area contributed by atoms with Crippen molar-refractivity contribution in [2.24, 2.45) is 0 Å². The summed E-state index contributed by atoms with van der Waals surface area (Å²) in [6, 6.07) is 12.3. The molecule has 8 heteroatoms. The zero-order chi connectivity index (χ0) is 20.1. The topological polar surface area (TPSA) is 66.9 Å². The van der Waals surface area contributed by atoms with Gasteiger partial charge in [-0.25, -0.2) is 9.97 Å². The average Bonchev–Trinajstić information content (AvgIpc) is 2.67. The summed E-state index contributed by atoms with van der Waals surface area (Å²) >= 11 is 0. The van der Waals surface area contributed by atoms with Crippen molar-refractivity contribution in [2.45, 2.75) is 19.6 Å². The number of hydrogen-bond acceptors (Lipinski definition) is 4. The van der Waals surface area contributed by atoms with Gasteiger partial charge in [-0.1, -0.05) is 29.8 Å². The number of rotatable bonds is 5. The second kappa shape index (κ2) is 8.08. The first-order chi connectivity index (χ1) is 13.3. The molecule has 0 radical (unpaired) electrons. The Morgan fingerprint density at radius 1 is 0.964 bits per heavy atom. The fourth-order valence-electron chi connectivity index (χ4n) is 2.38. The minimum Gasteiger partial charge on any atom is -0.347 e. The molecule has 0 fully saturated rings. The highest BCUT2D eigenvalue weighted by Crippen LogP contribution is 2.30. The fourth-order valence-corrected chi connectivity index (χ4v) is 2.38. The summed E-state index contributed by atoms with van der Waals surface area (Å²) < 4.78 is 37.7. The lowest BCUT2D eigenvalue weighted by atomic mass is 10.1. The molecule has 1 amide bonds. The first-order valence-electron chi connectivity index (χ1n) is 8.41. The van der Waals surface area contributed by atoms with E-state index in [0.29, 0.717) is 18.1 Å². The predicted molar refractivity (Wildman–Crippen MR) is 99.1 cm³/mol. The number of anilines is 2. The third-order valence-corrected chi connectivity index (χ3v) is 3.94. The zero-order valence-electron chi connectivity index (χ0n) is 14.9. The number of alkyl halides is 3. The molecule has 0 aliphatic heterocycles. The lowest BCUT2D eigenvalue weighted by molar-refractivity contribution is -0.137. The largest absolute Gasteiger partial charge is 0.416 e. The van der Waals surface area contributed by atoms with Gasteiger partial charge in [-0.3, -0.25) is 4.79 Å². The average molecular weight is 386 g/mol. The van der Waals surface area contributed by atoms with Gasteiger partial charge in [-0.15, -0.1) is 0 Å². The highest BCUT2D eigenvalue weighted by atomic mass is 19.4. The van der Waals surface area contributed by atoms with Gasteiger partial charge in [0.05, 0.1) is 18.0 Å². The highest BCUT2D eigenvalue weighted by Gasteiger charge is 2.29. The molecule has 0 saturated carbocycles. The van der Waals surface area contributed by atoms with Crippen molar-refractivity contribution in [3.8, 4) is 0 Å². The number of aromatic nitrogens is 2. The van der Waals surface area contributed by atoms with Crippen LogP contribution in [0, 0.1) is 6.92 Å². The molecule has 0 bridgehead atoms. The van der Waals surface area contributed by atoms with E-state index in [9.17, 15) is 18.0 Å². The van der Waals surface area contributed by atoms with Crippen molar-refractivity contribution in [2.75, 3.05) is 5.32 Å². The first kappa shape index (κ1) is 19.3. The quantitative estimate of drug-likeness (QED) is 0.679. The van der Waals surface area contributed by atoms with Crippen molar-refractivity contribution in [1.29, 1.82) is 0 Å². The molecule has 2 N–H and O–H groups in total. The van der Waals surface area contributed by atoms with E-state index in [2.05, 4.69) is 20.6 Å². The van der Waals surface area contributed by atoms with E-state index in [1.165, 1.54) is 24.5 Å². The van der Waals surface area contributed by atoms with Crippen LogP contribution >= 0.6 is 0 Å². The third-order valence-electron chi connectivity index (χ3n) is 3.94. The molecule has 144 valence electrons. The van der Waals surface area contributed by atoms with E-state index in [0.717, 1.165) is 23.3 Å². The molecule has 0 aliphatic carbocycles. The van der Waals surface area contributed by atoms with Gasteiger partial charge in [0.2, 0.25) is 0 Å². The lowest BCUT2D eigenvalue weighted by Gasteiger charge is -2.09. The van der Waals surface area contributed by atoms with Crippen LogP contribution in [0.3, 0.4) is 0 Å². The van der Waals surface area contributed by atoms with Crippen molar-refractivity contribution in [3.05, 3.63) is 83.3 Å². The zero-order valence-corrected chi connectivity index (χ0v) is 14.9. The van der Waals surface area contributed by atoms with E-state index >= 15 is 0 Å². The maximum absolute atomic E-state index is 12.6. The summed E-state index contributed by atoms with van der Waals surface area (Å²) in [4.78, 5) is 20.3. The van der Waals surface area contributed by atoms with Crippen molar-refractivity contribution in [1.82, 2.24) is 15.3 Å².